The normalized spacial score (nSPS) is 28.8. The molecule has 1 aromatic heterocycles. The lowest BCUT2D eigenvalue weighted by Gasteiger charge is -2.08. The van der Waals surface area contributed by atoms with E-state index in [0.29, 0.717) is 5.92 Å². The van der Waals surface area contributed by atoms with Crippen molar-refractivity contribution in [2.24, 2.45) is 0 Å². The summed E-state index contributed by atoms with van der Waals surface area (Å²) in [5.41, 5.74) is 7.90. The van der Waals surface area contributed by atoms with Crippen molar-refractivity contribution < 1.29 is 0 Å². The van der Waals surface area contributed by atoms with Crippen LogP contribution in [0.2, 0.25) is 0 Å². The SMILES string of the molecule is N#Cc1c(N)sc2c1[C@H]1CC[C@H]2C1. The summed E-state index contributed by atoms with van der Waals surface area (Å²) in [6, 6.07) is 2.25. The van der Waals surface area contributed by atoms with Crippen LogP contribution in [0.25, 0.3) is 0 Å². The molecular weight excluding hydrogens is 180 g/mol. The molecule has 1 fully saturated rings. The number of anilines is 1. The van der Waals surface area contributed by atoms with Crippen molar-refractivity contribution in [2.45, 2.75) is 31.1 Å². The lowest BCUT2D eigenvalue weighted by molar-refractivity contribution is 0.727. The molecule has 3 rings (SSSR count). The van der Waals surface area contributed by atoms with Gasteiger partial charge in [0.25, 0.3) is 0 Å². The summed E-state index contributed by atoms with van der Waals surface area (Å²) in [6.45, 7) is 0. The van der Waals surface area contributed by atoms with E-state index in [0.717, 1.165) is 16.5 Å². The van der Waals surface area contributed by atoms with E-state index in [9.17, 15) is 0 Å². The van der Waals surface area contributed by atoms with E-state index >= 15 is 0 Å². The van der Waals surface area contributed by atoms with Crippen molar-refractivity contribution in [3.8, 4) is 6.07 Å². The lowest BCUT2D eigenvalue weighted by Crippen LogP contribution is -1.95. The van der Waals surface area contributed by atoms with Crippen molar-refractivity contribution in [2.75, 3.05) is 5.73 Å². The number of fused-ring (bicyclic) bond motifs is 5. The van der Waals surface area contributed by atoms with Gasteiger partial charge in [-0.2, -0.15) is 5.26 Å². The fourth-order valence-electron chi connectivity index (χ4n) is 2.79. The van der Waals surface area contributed by atoms with Crippen molar-refractivity contribution in [3.63, 3.8) is 0 Å². The predicted octanol–water partition coefficient (Wildman–Crippen LogP) is 2.57. The molecule has 2 N–H and O–H groups in total. The van der Waals surface area contributed by atoms with Crippen LogP contribution in [0.15, 0.2) is 0 Å². The summed E-state index contributed by atoms with van der Waals surface area (Å²) in [6.07, 6.45) is 3.85. The molecule has 2 nitrogen and oxygen atoms in total. The van der Waals surface area contributed by atoms with Gasteiger partial charge < -0.3 is 5.73 Å². The van der Waals surface area contributed by atoms with Crippen molar-refractivity contribution in [1.29, 1.82) is 5.26 Å². The highest BCUT2D eigenvalue weighted by atomic mass is 32.1. The highest BCUT2D eigenvalue weighted by molar-refractivity contribution is 7.16. The molecule has 66 valence electrons. The number of thiophene rings is 1. The van der Waals surface area contributed by atoms with Crippen LogP contribution >= 0.6 is 11.3 Å². The zero-order valence-electron chi connectivity index (χ0n) is 7.21. The van der Waals surface area contributed by atoms with Gasteiger partial charge in [0.15, 0.2) is 0 Å². The van der Waals surface area contributed by atoms with Crippen molar-refractivity contribution in [1.82, 2.24) is 0 Å². The average Bonchev–Trinajstić information content (AvgIpc) is 2.72. The lowest BCUT2D eigenvalue weighted by atomic mass is 9.95. The van der Waals surface area contributed by atoms with Gasteiger partial charge in [0.05, 0.1) is 5.56 Å². The van der Waals surface area contributed by atoms with Gasteiger partial charge in [-0.15, -0.1) is 11.3 Å². The summed E-state index contributed by atoms with van der Waals surface area (Å²) in [5, 5.41) is 9.72. The van der Waals surface area contributed by atoms with E-state index in [2.05, 4.69) is 6.07 Å². The van der Waals surface area contributed by atoms with E-state index in [4.69, 9.17) is 11.0 Å². The van der Waals surface area contributed by atoms with E-state index < -0.39 is 0 Å². The molecule has 13 heavy (non-hydrogen) atoms. The first-order valence-corrected chi connectivity index (χ1v) is 5.45. The zero-order chi connectivity index (χ0) is 9.00. The molecule has 0 aliphatic heterocycles. The predicted molar refractivity (Wildman–Crippen MR) is 52.8 cm³/mol. The van der Waals surface area contributed by atoms with Crippen molar-refractivity contribution in [3.05, 3.63) is 16.0 Å². The van der Waals surface area contributed by atoms with Crippen LogP contribution in [0.3, 0.4) is 0 Å². The maximum atomic E-state index is 8.98. The Morgan fingerprint density at radius 3 is 2.92 bits per heavy atom. The number of nitriles is 1. The van der Waals surface area contributed by atoms with Gasteiger partial charge in [0, 0.05) is 4.88 Å². The summed E-state index contributed by atoms with van der Waals surface area (Å²) in [4.78, 5) is 1.42. The molecule has 2 bridgehead atoms. The molecule has 0 saturated heterocycles. The Morgan fingerprint density at radius 1 is 1.38 bits per heavy atom. The molecule has 0 aromatic carbocycles. The molecule has 2 aliphatic rings. The van der Waals surface area contributed by atoms with Gasteiger partial charge in [-0.3, -0.25) is 0 Å². The Balaban J connectivity index is 2.27. The maximum Gasteiger partial charge on any atom is 0.104 e. The number of hydrogen-bond acceptors (Lipinski definition) is 3. The minimum Gasteiger partial charge on any atom is -0.389 e. The number of nitrogens with zero attached hydrogens (tertiary/aromatic N) is 1. The Hall–Kier alpha value is -1.01. The quantitative estimate of drug-likeness (QED) is 0.683. The fourth-order valence-corrected chi connectivity index (χ4v) is 4.04. The van der Waals surface area contributed by atoms with Crippen LogP contribution in [0.5, 0.6) is 0 Å². The Labute approximate surface area is 81.0 Å². The summed E-state index contributed by atoms with van der Waals surface area (Å²) in [7, 11) is 0. The first kappa shape index (κ1) is 7.40. The standard InChI is InChI=1S/C10H10N2S/c11-4-7-8-5-1-2-6(3-5)9(8)13-10(7)12/h5-6H,1-3,12H2/t5-,6-/m0/s1. The van der Waals surface area contributed by atoms with Gasteiger partial charge >= 0.3 is 0 Å². The molecule has 1 aromatic rings. The number of rotatable bonds is 0. The molecule has 3 heteroatoms. The molecule has 0 amide bonds. The smallest absolute Gasteiger partial charge is 0.104 e. The zero-order valence-corrected chi connectivity index (χ0v) is 8.03. The van der Waals surface area contributed by atoms with Crippen LogP contribution < -0.4 is 5.73 Å². The summed E-state index contributed by atoms with van der Waals surface area (Å²) in [5.74, 6) is 1.39. The number of hydrogen-bond donors (Lipinski definition) is 1. The Morgan fingerprint density at radius 2 is 2.15 bits per heavy atom. The molecule has 1 heterocycles. The molecular formula is C10H10N2S. The van der Waals surface area contributed by atoms with Crippen LogP contribution in [0.4, 0.5) is 5.00 Å². The molecule has 2 aliphatic carbocycles. The minimum absolute atomic E-state index is 0.656. The van der Waals surface area contributed by atoms with Gasteiger partial charge in [0.2, 0.25) is 0 Å². The highest BCUT2D eigenvalue weighted by Crippen LogP contribution is 2.58. The van der Waals surface area contributed by atoms with Crippen LogP contribution in [-0.4, -0.2) is 0 Å². The summed E-state index contributed by atoms with van der Waals surface area (Å²) >= 11 is 1.65. The van der Waals surface area contributed by atoms with Gasteiger partial charge in [-0.1, -0.05) is 0 Å². The third-order valence-corrected chi connectivity index (χ3v) is 4.52. The highest BCUT2D eigenvalue weighted by Gasteiger charge is 2.41. The third kappa shape index (κ3) is 0.769. The molecule has 2 atom stereocenters. The first-order chi connectivity index (χ1) is 6.31. The van der Waals surface area contributed by atoms with Crippen LogP contribution in [0.1, 0.15) is 47.1 Å². The van der Waals surface area contributed by atoms with E-state index in [1.54, 1.807) is 11.3 Å². The summed E-state index contributed by atoms with van der Waals surface area (Å²) < 4.78 is 0. The van der Waals surface area contributed by atoms with Crippen molar-refractivity contribution >= 4 is 16.3 Å². The fraction of sp³-hybridized carbons (Fsp3) is 0.500. The second-order valence-corrected chi connectivity index (χ2v) is 5.02. The monoisotopic (exact) mass is 190 g/mol. The maximum absolute atomic E-state index is 8.98. The van der Waals surface area contributed by atoms with E-state index in [-0.39, 0.29) is 0 Å². The second-order valence-electron chi connectivity index (χ2n) is 3.94. The van der Waals surface area contributed by atoms with Gasteiger partial charge in [0.1, 0.15) is 11.1 Å². The largest absolute Gasteiger partial charge is 0.389 e. The Kier molecular flexibility index (Phi) is 1.29. The number of nitrogens with two attached hydrogens (primary N) is 1. The molecule has 0 unspecified atom stereocenters. The topological polar surface area (TPSA) is 49.8 Å². The van der Waals surface area contributed by atoms with Crippen LogP contribution in [-0.2, 0) is 0 Å². The van der Waals surface area contributed by atoms with E-state index in [1.165, 1.54) is 29.7 Å². The van der Waals surface area contributed by atoms with E-state index in [1.807, 2.05) is 0 Å². The molecule has 0 spiro atoms. The van der Waals surface area contributed by atoms with Gasteiger partial charge in [-0.05, 0) is 36.7 Å². The minimum atomic E-state index is 0.656. The average molecular weight is 190 g/mol. The number of nitrogen functional groups attached to an aromatic ring is 1. The second kappa shape index (κ2) is 2.27. The van der Waals surface area contributed by atoms with Gasteiger partial charge in [-0.25, -0.2) is 0 Å². The third-order valence-electron chi connectivity index (χ3n) is 3.32. The molecule has 1 saturated carbocycles. The Bertz CT molecular complexity index is 413. The first-order valence-electron chi connectivity index (χ1n) is 4.63. The molecule has 0 radical (unpaired) electrons. The van der Waals surface area contributed by atoms with Crippen LogP contribution in [0, 0.1) is 11.3 Å².